The molecule has 3 nitrogen and oxygen atoms in total. The summed E-state index contributed by atoms with van der Waals surface area (Å²) < 4.78 is 21.1. The van der Waals surface area contributed by atoms with Gasteiger partial charge in [0.15, 0.2) is 0 Å². The lowest BCUT2D eigenvalue weighted by molar-refractivity contribution is -0.134. The van der Waals surface area contributed by atoms with E-state index < -0.39 is 11.8 Å². The molecule has 0 bridgehead atoms. The van der Waals surface area contributed by atoms with Gasteiger partial charge in [-0.1, -0.05) is 33.8 Å². The van der Waals surface area contributed by atoms with E-state index in [4.69, 9.17) is 9.84 Å². The highest BCUT2D eigenvalue weighted by Crippen LogP contribution is 2.50. The van der Waals surface area contributed by atoms with Gasteiger partial charge in [0.2, 0.25) is 5.83 Å². The Morgan fingerprint density at radius 1 is 1.30 bits per heavy atom. The predicted molar refractivity (Wildman–Crippen MR) is 112 cm³/mol. The summed E-state index contributed by atoms with van der Waals surface area (Å²) in [4.78, 5) is 11.2. The van der Waals surface area contributed by atoms with Crippen LogP contribution in [0.15, 0.2) is 22.4 Å². The molecule has 1 aliphatic rings. The van der Waals surface area contributed by atoms with Crippen LogP contribution in [-0.2, 0) is 10.2 Å². The van der Waals surface area contributed by atoms with E-state index in [0.717, 1.165) is 22.0 Å². The van der Waals surface area contributed by atoms with Crippen molar-refractivity contribution >= 4 is 33.0 Å². The number of fused-ring (bicyclic) bond motifs is 1. The lowest BCUT2D eigenvalue weighted by Crippen LogP contribution is -2.24. The monoisotopic (exact) mass is 438 g/mol. The van der Waals surface area contributed by atoms with Crippen molar-refractivity contribution in [3.8, 4) is 5.75 Å². The van der Waals surface area contributed by atoms with Crippen molar-refractivity contribution in [1.29, 1.82) is 0 Å². The van der Waals surface area contributed by atoms with Crippen molar-refractivity contribution in [2.75, 3.05) is 0 Å². The molecule has 1 aliphatic carbocycles. The van der Waals surface area contributed by atoms with Gasteiger partial charge < -0.3 is 9.84 Å². The molecule has 0 fully saturated rings. The van der Waals surface area contributed by atoms with Crippen LogP contribution in [0.5, 0.6) is 5.75 Å². The summed E-state index contributed by atoms with van der Waals surface area (Å²) in [6.07, 6.45) is 2.99. The SMILES string of the molecule is C/C(=C(\F)C(=O)O)c1cc2c(c(Br)c1OC(C)C)C(C)(C)CC=C2C(C)C. The van der Waals surface area contributed by atoms with E-state index in [-0.39, 0.29) is 17.1 Å². The number of allylic oxidation sites excluding steroid dienone is 3. The molecule has 0 spiro atoms. The number of ether oxygens (including phenoxy) is 1. The van der Waals surface area contributed by atoms with E-state index in [1.807, 2.05) is 19.9 Å². The second-order valence-electron chi connectivity index (χ2n) is 8.30. The van der Waals surface area contributed by atoms with Crippen LogP contribution in [0.1, 0.15) is 71.6 Å². The van der Waals surface area contributed by atoms with E-state index in [2.05, 4.69) is 49.7 Å². The van der Waals surface area contributed by atoms with Crippen molar-refractivity contribution in [3.63, 3.8) is 0 Å². The number of aliphatic carboxylic acids is 1. The summed E-state index contributed by atoms with van der Waals surface area (Å²) in [5.41, 5.74) is 3.74. The molecule has 0 saturated heterocycles. The lowest BCUT2D eigenvalue weighted by atomic mass is 9.70. The predicted octanol–water partition coefficient (Wildman–Crippen LogP) is 6.74. The highest BCUT2D eigenvalue weighted by atomic mass is 79.9. The summed E-state index contributed by atoms with van der Waals surface area (Å²) in [7, 11) is 0. The minimum atomic E-state index is -1.57. The van der Waals surface area contributed by atoms with E-state index in [9.17, 15) is 9.18 Å². The van der Waals surface area contributed by atoms with Crippen molar-refractivity contribution in [2.24, 2.45) is 5.92 Å². The van der Waals surface area contributed by atoms with E-state index >= 15 is 0 Å². The van der Waals surface area contributed by atoms with Crippen molar-refractivity contribution < 1.29 is 19.0 Å². The maximum atomic E-state index is 14.3. The number of hydrogen-bond donors (Lipinski definition) is 1. The fourth-order valence-electron chi connectivity index (χ4n) is 3.55. The largest absolute Gasteiger partial charge is 0.489 e. The molecular weight excluding hydrogens is 411 g/mol. The third kappa shape index (κ3) is 4.13. The molecule has 0 aromatic heterocycles. The van der Waals surface area contributed by atoms with Crippen LogP contribution in [-0.4, -0.2) is 17.2 Å². The standard InChI is InChI=1S/C22H28BrFO3/c1-11(2)14-8-9-22(6,7)17-16(14)10-15(13(5)19(24)21(25)26)20(18(17)23)27-12(3)4/h8,10-12H,9H2,1-7H3,(H,25,26)/b19-13+. The number of rotatable bonds is 5. The first kappa shape index (κ1) is 21.7. The molecule has 27 heavy (non-hydrogen) atoms. The number of carbonyl (C=O) groups is 1. The van der Waals surface area contributed by atoms with Gasteiger partial charge in [0, 0.05) is 11.1 Å². The van der Waals surface area contributed by atoms with Crippen LogP contribution < -0.4 is 4.74 Å². The second-order valence-corrected chi connectivity index (χ2v) is 9.10. The fourth-order valence-corrected chi connectivity index (χ4v) is 4.61. The third-order valence-corrected chi connectivity index (χ3v) is 5.69. The number of hydrogen-bond acceptors (Lipinski definition) is 2. The zero-order chi connectivity index (χ0) is 20.7. The van der Waals surface area contributed by atoms with Crippen LogP contribution >= 0.6 is 15.9 Å². The van der Waals surface area contributed by atoms with Gasteiger partial charge in [-0.2, -0.15) is 4.39 Å². The smallest absolute Gasteiger partial charge is 0.365 e. The maximum absolute atomic E-state index is 14.3. The van der Waals surface area contributed by atoms with Gasteiger partial charge in [0.05, 0.1) is 10.6 Å². The molecule has 0 radical (unpaired) electrons. The Morgan fingerprint density at radius 2 is 1.89 bits per heavy atom. The molecule has 148 valence electrons. The Morgan fingerprint density at radius 3 is 2.37 bits per heavy atom. The summed E-state index contributed by atoms with van der Waals surface area (Å²) in [6, 6.07) is 1.89. The highest BCUT2D eigenvalue weighted by Gasteiger charge is 2.34. The van der Waals surface area contributed by atoms with Crippen LogP contribution in [0.3, 0.4) is 0 Å². The summed E-state index contributed by atoms with van der Waals surface area (Å²) >= 11 is 3.71. The molecule has 0 aliphatic heterocycles. The summed E-state index contributed by atoms with van der Waals surface area (Å²) in [6.45, 7) is 13.9. The number of halogens is 2. The zero-order valence-electron chi connectivity index (χ0n) is 17.0. The van der Waals surface area contributed by atoms with E-state index in [1.165, 1.54) is 12.5 Å². The molecule has 0 heterocycles. The van der Waals surface area contributed by atoms with Gasteiger partial charge in [0.1, 0.15) is 5.75 Å². The summed E-state index contributed by atoms with van der Waals surface area (Å²) in [5.74, 6) is -1.95. The third-order valence-electron chi connectivity index (χ3n) is 4.94. The molecule has 1 aromatic rings. The quantitative estimate of drug-likeness (QED) is 0.517. The molecule has 5 heteroatoms. The molecule has 0 saturated carbocycles. The first-order valence-electron chi connectivity index (χ1n) is 9.22. The van der Waals surface area contributed by atoms with Crippen molar-refractivity contribution in [1.82, 2.24) is 0 Å². The van der Waals surface area contributed by atoms with Crippen molar-refractivity contribution in [3.05, 3.63) is 39.1 Å². The number of carboxylic acid groups (broad SMARTS) is 1. The number of carboxylic acids is 1. The molecule has 1 N–H and O–H groups in total. The Labute approximate surface area is 169 Å². The zero-order valence-corrected chi connectivity index (χ0v) is 18.6. The molecule has 1 aromatic carbocycles. The van der Waals surface area contributed by atoms with Crippen LogP contribution in [0, 0.1) is 5.92 Å². The fraction of sp³-hybridized carbons (Fsp3) is 0.500. The van der Waals surface area contributed by atoms with Gasteiger partial charge in [0.25, 0.3) is 0 Å². The first-order valence-corrected chi connectivity index (χ1v) is 10.0. The Hall–Kier alpha value is -1.62. The average molecular weight is 439 g/mol. The Balaban J connectivity index is 2.92. The topological polar surface area (TPSA) is 46.5 Å². The van der Waals surface area contributed by atoms with Gasteiger partial charge in [-0.25, -0.2) is 4.79 Å². The Kier molecular flexibility index (Phi) is 6.25. The minimum Gasteiger partial charge on any atom is -0.489 e. The minimum absolute atomic E-state index is 0.0631. The molecule has 0 amide bonds. The van der Waals surface area contributed by atoms with Gasteiger partial charge in [-0.05, 0) is 77.2 Å². The summed E-state index contributed by atoms with van der Waals surface area (Å²) in [5, 5.41) is 9.12. The average Bonchev–Trinajstić information content (AvgIpc) is 2.54. The Bertz CT molecular complexity index is 832. The first-order chi connectivity index (χ1) is 12.4. The van der Waals surface area contributed by atoms with Crippen molar-refractivity contribution in [2.45, 2.75) is 66.4 Å². The van der Waals surface area contributed by atoms with Crippen LogP contribution in [0.25, 0.3) is 11.1 Å². The second kappa shape index (κ2) is 7.78. The van der Waals surface area contributed by atoms with Gasteiger partial charge in [-0.3, -0.25) is 0 Å². The van der Waals surface area contributed by atoms with Gasteiger partial charge >= 0.3 is 5.97 Å². The van der Waals surface area contributed by atoms with Crippen LogP contribution in [0.4, 0.5) is 4.39 Å². The van der Waals surface area contributed by atoms with Crippen LogP contribution in [0.2, 0.25) is 0 Å². The molecule has 2 rings (SSSR count). The van der Waals surface area contributed by atoms with Gasteiger partial charge in [-0.15, -0.1) is 0 Å². The molecular formula is C22H28BrFO3. The highest BCUT2D eigenvalue weighted by molar-refractivity contribution is 9.10. The lowest BCUT2D eigenvalue weighted by Gasteiger charge is -2.36. The number of benzene rings is 1. The van der Waals surface area contributed by atoms with E-state index in [1.54, 1.807) is 0 Å². The molecule has 0 atom stereocenters. The molecule has 0 unspecified atom stereocenters. The van der Waals surface area contributed by atoms with E-state index in [0.29, 0.717) is 17.2 Å². The maximum Gasteiger partial charge on any atom is 0.365 e. The normalized spacial score (nSPS) is 16.8.